The Morgan fingerprint density at radius 3 is 1.58 bits per heavy atom. The van der Waals surface area contributed by atoms with Crippen LogP contribution in [0.15, 0.2) is 24.3 Å². The van der Waals surface area contributed by atoms with Crippen molar-refractivity contribution in [2.75, 3.05) is 0 Å². The molecule has 1 rings (SSSR count). The molecule has 0 aliphatic heterocycles. The molecule has 0 fully saturated rings. The van der Waals surface area contributed by atoms with Crippen LogP contribution in [0.4, 0.5) is 0 Å². The third kappa shape index (κ3) is 5.17. The van der Waals surface area contributed by atoms with Crippen molar-refractivity contribution >= 4 is 0 Å². The van der Waals surface area contributed by atoms with Gasteiger partial charge in [-0.3, -0.25) is 0 Å². The van der Waals surface area contributed by atoms with Gasteiger partial charge in [0.25, 0.3) is 0 Å². The fourth-order valence-corrected chi connectivity index (χ4v) is 1.56. The van der Waals surface area contributed by atoms with Crippen LogP contribution in [0.5, 0.6) is 0 Å². The Morgan fingerprint density at radius 2 is 1.00 bits per heavy atom. The highest BCUT2D eigenvalue weighted by molar-refractivity contribution is 4.92. The van der Waals surface area contributed by atoms with Crippen LogP contribution < -0.4 is 0 Å². The average molecular weight is 164 g/mol. The minimum absolute atomic E-state index is 1.14. The summed E-state index contributed by atoms with van der Waals surface area (Å²) in [5, 5.41) is 0. The van der Waals surface area contributed by atoms with Gasteiger partial charge in [-0.15, -0.1) is 0 Å². The van der Waals surface area contributed by atoms with E-state index in [9.17, 15) is 0 Å². The van der Waals surface area contributed by atoms with E-state index in [0.717, 1.165) is 6.42 Å². The molecule has 12 heavy (non-hydrogen) atoms. The maximum Gasteiger partial charge on any atom is -0.0169 e. The largest absolute Gasteiger partial charge is 0.0882 e. The summed E-state index contributed by atoms with van der Waals surface area (Å²) in [5.41, 5.74) is 0. The van der Waals surface area contributed by atoms with E-state index in [1.807, 2.05) is 0 Å². The summed E-state index contributed by atoms with van der Waals surface area (Å²) in [4.78, 5) is 0. The second kappa shape index (κ2) is 7.15. The van der Waals surface area contributed by atoms with Gasteiger partial charge in [-0.2, -0.15) is 0 Å². The number of hydrogen-bond acceptors (Lipinski definition) is 0. The maximum atomic E-state index is 2.33. The molecule has 0 radical (unpaired) electrons. The Balaban J connectivity index is 2.20. The molecule has 0 saturated heterocycles. The lowest BCUT2D eigenvalue weighted by Gasteiger charge is -1.99. The quantitative estimate of drug-likeness (QED) is 0.470. The molecule has 0 aromatic heterocycles. The fourth-order valence-electron chi connectivity index (χ4n) is 1.56. The predicted molar refractivity (Wildman–Crippen MR) is 55.2 cm³/mol. The fraction of sp³-hybridized carbons (Fsp3) is 0.667. The van der Waals surface area contributed by atoms with Crippen LogP contribution in [-0.4, -0.2) is 0 Å². The van der Waals surface area contributed by atoms with Gasteiger partial charge in [-0.25, -0.2) is 0 Å². The first kappa shape index (κ1) is 9.57. The van der Waals surface area contributed by atoms with E-state index in [-0.39, 0.29) is 0 Å². The lowest BCUT2D eigenvalue weighted by Crippen LogP contribution is -1.79. The van der Waals surface area contributed by atoms with Crippen molar-refractivity contribution in [3.63, 3.8) is 0 Å². The minimum Gasteiger partial charge on any atom is -0.0882 e. The first-order chi connectivity index (χ1) is 6.00. The standard InChI is InChI=1S/C12H20/c1-2-4-6-8-10-12-11-9-7-5-3-1/h1-2,5,7H,3-4,6,8-12H2/b2-1-,7-5?. The molecular weight excluding hydrogens is 144 g/mol. The Kier molecular flexibility index (Phi) is 5.70. The van der Waals surface area contributed by atoms with Crippen molar-refractivity contribution in [2.24, 2.45) is 0 Å². The molecule has 0 aromatic rings. The molecule has 0 saturated carbocycles. The zero-order valence-corrected chi connectivity index (χ0v) is 7.97. The summed E-state index contributed by atoms with van der Waals surface area (Å²) in [7, 11) is 0. The van der Waals surface area contributed by atoms with Crippen LogP contribution in [0, 0.1) is 0 Å². The van der Waals surface area contributed by atoms with E-state index < -0.39 is 0 Å². The van der Waals surface area contributed by atoms with Crippen LogP contribution in [0.1, 0.15) is 51.4 Å². The van der Waals surface area contributed by atoms with Crippen molar-refractivity contribution in [2.45, 2.75) is 51.4 Å². The topological polar surface area (TPSA) is 0 Å². The van der Waals surface area contributed by atoms with Gasteiger partial charge in [0.15, 0.2) is 0 Å². The van der Waals surface area contributed by atoms with Crippen molar-refractivity contribution in [3.05, 3.63) is 24.3 Å². The van der Waals surface area contributed by atoms with E-state index in [4.69, 9.17) is 0 Å². The van der Waals surface area contributed by atoms with Crippen LogP contribution in [0.2, 0.25) is 0 Å². The molecule has 0 heteroatoms. The molecule has 1 aliphatic rings. The van der Waals surface area contributed by atoms with Gasteiger partial charge in [-0.05, 0) is 32.1 Å². The van der Waals surface area contributed by atoms with Crippen molar-refractivity contribution in [1.82, 2.24) is 0 Å². The lowest BCUT2D eigenvalue weighted by molar-refractivity contribution is 0.621. The van der Waals surface area contributed by atoms with E-state index in [1.54, 1.807) is 0 Å². The zero-order valence-electron chi connectivity index (χ0n) is 7.97. The van der Waals surface area contributed by atoms with Crippen LogP contribution in [-0.2, 0) is 0 Å². The Labute approximate surface area is 76.4 Å². The Bertz CT molecular complexity index is 126. The molecule has 0 atom stereocenters. The molecule has 0 N–H and O–H groups in total. The molecule has 0 nitrogen and oxygen atoms in total. The Hall–Kier alpha value is -0.520. The average Bonchev–Trinajstić information content (AvgIpc) is 2.05. The number of hydrogen-bond donors (Lipinski definition) is 0. The molecule has 0 bridgehead atoms. The molecule has 0 unspecified atom stereocenters. The minimum atomic E-state index is 1.14. The van der Waals surface area contributed by atoms with Crippen LogP contribution in [0.3, 0.4) is 0 Å². The normalized spacial score (nSPS) is 24.0. The summed E-state index contributed by atoms with van der Waals surface area (Å²) in [6.07, 6.45) is 20.0. The summed E-state index contributed by atoms with van der Waals surface area (Å²) < 4.78 is 0. The summed E-state index contributed by atoms with van der Waals surface area (Å²) >= 11 is 0. The van der Waals surface area contributed by atoms with Gasteiger partial charge in [0, 0.05) is 0 Å². The van der Waals surface area contributed by atoms with Crippen LogP contribution >= 0.6 is 0 Å². The second-order valence-corrected chi connectivity index (χ2v) is 3.52. The molecular formula is C12H20. The van der Waals surface area contributed by atoms with E-state index in [2.05, 4.69) is 24.3 Å². The zero-order chi connectivity index (χ0) is 8.49. The first-order valence-electron chi connectivity index (χ1n) is 5.30. The predicted octanol–water partition coefficient (Wildman–Crippen LogP) is 4.23. The van der Waals surface area contributed by atoms with Crippen LogP contribution in [0.25, 0.3) is 0 Å². The summed E-state index contributed by atoms with van der Waals surface area (Å²) in [5.74, 6) is 0. The molecule has 1 aliphatic carbocycles. The van der Waals surface area contributed by atoms with Crippen molar-refractivity contribution < 1.29 is 0 Å². The number of rotatable bonds is 0. The van der Waals surface area contributed by atoms with Gasteiger partial charge in [0.1, 0.15) is 0 Å². The van der Waals surface area contributed by atoms with Gasteiger partial charge in [0.05, 0.1) is 0 Å². The Morgan fingerprint density at radius 1 is 0.500 bits per heavy atom. The van der Waals surface area contributed by atoms with Gasteiger partial charge >= 0.3 is 0 Å². The van der Waals surface area contributed by atoms with E-state index in [1.165, 1.54) is 44.9 Å². The maximum absolute atomic E-state index is 2.33. The summed E-state index contributed by atoms with van der Waals surface area (Å²) in [6.45, 7) is 0. The van der Waals surface area contributed by atoms with Crippen molar-refractivity contribution in [3.8, 4) is 0 Å². The molecule has 0 heterocycles. The molecule has 68 valence electrons. The monoisotopic (exact) mass is 164 g/mol. The smallest absolute Gasteiger partial charge is 0.0169 e. The first-order valence-corrected chi connectivity index (χ1v) is 5.30. The highest BCUT2D eigenvalue weighted by atomic mass is 14.0. The third-order valence-electron chi connectivity index (χ3n) is 2.35. The highest BCUT2D eigenvalue weighted by Gasteiger charge is 1.89. The van der Waals surface area contributed by atoms with Gasteiger partial charge in [0.2, 0.25) is 0 Å². The molecule has 0 spiro atoms. The molecule has 0 amide bonds. The highest BCUT2D eigenvalue weighted by Crippen LogP contribution is 2.09. The molecule has 0 aromatic carbocycles. The van der Waals surface area contributed by atoms with Gasteiger partial charge < -0.3 is 0 Å². The van der Waals surface area contributed by atoms with E-state index >= 15 is 0 Å². The van der Waals surface area contributed by atoms with Crippen molar-refractivity contribution in [1.29, 1.82) is 0 Å². The lowest BCUT2D eigenvalue weighted by atomic mass is 10.1. The third-order valence-corrected chi connectivity index (χ3v) is 2.35. The van der Waals surface area contributed by atoms with E-state index in [0.29, 0.717) is 0 Å². The summed E-state index contributed by atoms with van der Waals surface area (Å²) in [6, 6.07) is 0. The second-order valence-electron chi connectivity index (χ2n) is 3.52. The number of allylic oxidation sites excluding steroid dienone is 4. The van der Waals surface area contributed by atoms with Gasteiger partial charge in [-0.1, -0.05) is 43.6 Å². The SMILES string of the molecule is C1=CCCCCCCC/C=C\C1.